The average molecular weight is 272 g/mol. The topological polar surface area (TPSA) is 21.1 Å². The second kappa shape index (κ2) is 5.12. The highest BCUT2D eigenvalue weighted by Gasteiger charge is 2.21. The number of likely N-dealkylation sites (tertiary alicyclic amines) is 1. The zero-order valence-corrected chi connectivity index (χ0v) is 10.8. The minimum absolute atomic E-state index is 0.890. The molecule has 2 heterocycles. The van der Waals surface area contributed by atoms with Crippen molar-refractivity contribution in [3.05, 3.63) is 18.0 Å². The molecule has 1 aromatic rings. The Balaban J connectivity index is 1.82. The van der Waals surface area contributed by atoms with Crippen molar-refractivity contribution < 1.29 is 0 Å². The number of halogens is 1. The van der Waals surface area contributed by atoms with Gasteiger partial charge in [-0.2, -0.15) is 5.10 Å². The summed E-state index contributed by atoms with van der Waals surface area (Å²) in [5.74, 6) is 0.890. The van der Waals surface area contributed by atoms with E-state index in [0.29, 0.717) is 0 Å². The molecule has 0 radical (unpaired) electrons. The lowest BCUT2D eigenvalue weighted by Crippen LogP contribution is -2.19. The quantitative estimate of drug-likeness (QED) is 0.782. The molecule has 0 amide bonds. The van der Waals surface area contributed by atoms with Gasteiger partial charge in [0.25, 0.3) is 0 Å². The molecule has 1 aromatic heterocycles. The number of aromatic nitrogens is 2. The van der Waals surface area contributed by atoms with Gasteiger partial charge in [0.05, 0.1) is 6.20 Å². The molecule has 0 N–H and O–H groups in total. The van der Waals surface area contributed by atoms with E-state index in [1.807, 2.05) is 17.9 Å². The van der Waals surface area contributed by atoms with Gasteiger partial charge in [0.15, 0.2) is 0 Å². The average Bonchev–Trinajstić information content (AvgIpc) is 2.78. The third kappa shape index (κ3) is 3.05. The highest BCUT2D eigenvalue weighted by atomic mass is 79.9. The highest BCUT2D eigenvalue weighted by molar-refractivity contribution is 9.09. The van der Waals surface area contributed by atoms with Crippen LogP contribution in [0.4, 0.5) is 0 Å². The lowest BCUT2D eigenvalue weighted by atomic mass is 10.1. The fourth-order valence-electron chi connectivity index (χ4n) is 2.26. The largest absolute Gasteiger partial charge is 0.299 e. The Morgan fingerprint density at radius 2 is 2.47 bits per heavy atom. The molecule has 1 atom stereocenters. The Labute approximate surface area is 99.6 Å². The monoisotopic (exact) mass is 271 g/mol. The predicted molar refractivity (Wildman–Crippen MR) is 65.0 cm³/mol. The van der Waals surface area contributed by atoms with E-state index in [-0.39, 0.29) is 0 Å². The van der Waals surface area contributed by atoms with Gasteiger partial charge in [0, 0.05) is 37.2 Å². The van der Waals surface area contributed by atoms with Crippen molar-refractivity contribution in [2.24, 2.45) is 13.0 Å². The van der Waals surface area contributed by atoms with Gasteiger partial charge in [-0.15, -0.1) is 0 Å². The lowest BCUT2D eigenvalue weighted by molar-refractivity contribution is 0.315. The normalized spacial score (nSPS) is 22.4. The Hall–Kier alpha value is -0.350. The minimum atomic E-state index is 0.890. The molecule has 0 spiro atoms. The number of rotatable bonds is 4. The van der Waals surface area contributed by atoms with Gasteiger partial charge in [0.1, 0.15) is 0 Å². The molecule has 4 heteroatoms. The predicted octanol–water partition coefficient (Wildman–Crippen LogP) is 2.03. The van der Waals surface area contributed by atoms with E-state index in [1.54, 1.807) is 0 Å². The SMILES string of the molecule is Cn1cc(CN2CCC(CCBr)C2)cn1. The van der Waals surface area contributed by atoms with Crippen LogP contribution in [0.25, 0.3) is 0 Å². The number of nitrogens with zero attached hydrogens (tertiary/aromatic N) is 3. The Morgan fingerprint density at radius 1 is 1.60 bits per heavy atom. The Morgan fingerprint density at radius 3 is 3.13 bits per heavy atom. The summed E-state index contributed by atoms with van der Waals surface area (Å²) in [5.41, 5.74) is 1.33. The van der Waals surface area contributed by atoms with Crippen molar-refractivity contribution in [2.75, 3.05) is 18.4 Å². The molecule has 1 aliphatic heterocycles. The van der Waals surface area contributed by atoms with E-state index < -0.39 is 0 Å². The molecular formula is C11H18BrN3. The van der Waals surface area contributed by atoms with Crippen LogP contribution in [-0.4, -0.2) is 33.1 Å². The highest BCUT2D eigenvalue weighted by Crippen LogP contribution is 2.21. The second-order valence-electron chi connectivity index (χ2n) is 4.39. The molecule has 1 unspecified atom stereocenters. The molecule has 0 aliphatic carbocycles. The van der Waals surface area contributed by atoms with Gasteiger partial charge in [-0.25, -0.2) is 0 Å². The first-order chi connectivity index (χ1) is 7.28. The number of hydrogen-bond acceptors (Lipinski definition) is 2. The van der Waals surface area contributed by atoms with Crippen LogP contribution in [0.1, 0.15) is 18.4 Å². The molecule has 0 bridgehead atoms. The van der Waals surface area contributed by atoms with Gasteiger partial charge in [0.2, 0.25) is 0 Å². The first kappa shape index (κ1) is 11.1. The molecule has 1 saturated heterocycles. The third-order valence-corrected chi connectivity index (χ3v) is 3.51. The van der Waals surface area contributed by atoms with Gasteiger partial charge >= 0.3 is 0 Å². The van der Waals surface area contributed by atoms with Crippen molar-refractivity contribution in [2.45, 2.75) is 19.4 Å². The van der Waals surface area contributed by atoms with Gasteiger partial charge in [-0.1, -0.05) is 15.9 Å². The summed E-state index contributed by atoms with van der Waals surface area (Å²) in [6, 6.07) is 0. The molecule has 84 valence electrons. The van der Waals surface area contributed by atoms with E-state index >= 15 is 0 Å². The molecule has 2 rings (SSSR count). The molecule has 15 heavy (non-hydrogen) atoms. The lowest BCUT2D eigenvalue weighted by Gasteiger charge is -2.14. The molecule has 0 aromatic carbocycles. The van der Waals surface area contributed by atoms with Gasteiger partial charge in [-0.05, 0) is 25.3 Å². The first-order valence-corrected chi connectivity index (χ1v) is 6.66. The zero-order chi connectivity index (χ0) is 10.7. The van der Waals surface area contributed by atoms with Crippen LogP contribution in [0.3, 0.4) is 0 Å². The van der Waals surface area contributed by atoms with Crippen LogP contribution < -0.4 is 0 Å². The van der Waals surface area contributed by atoms with Gasteiger partial charge < -0.3 is 0 Å². The summed E-state index contributed by atoms with van der Waals surface area (Å²) in [4.78, 5) is 2.53. The molecule has 3 nitrogen and oxygen atoms in total. The fourth-order valence-corrected chi connectivity index (χ4v) is 2.91. The van der Waals surface area contributed by atoms with Gasteiger partial charge in [-0.3, -0.25) is 9.58 Å². The van der Waals surface area contributed by atoms with Crippen LogP contribution in [0, 0.1) is 5.92 Å². The van der Waals surface area contributed by atoms with E-state index in [1.165, 1.54) is 31.5 Å². The number of hydrogen-bond donors (Lipinski definition) is 0. The van der Waals surface area contributed by atoms with Crippen molar-refractivity contribution in [3.8, 4) is 0 Å². The van der Waals surface area contributed by atoms with E-state index in [2.05, 4.69) is 32.1 Å². The Bertz CT molecular complexity index is 311. The van der Waals surface area contributed by atoms with E-state index in [4.69, 9.17) is 0 Å². The molecule has 0 saturated carbocycles. The van der Waals surface area contributed by atoms with Crippen LogP contribution in [-0.2, 0) is 13.6 Å². The van der Waals surface area contributed by atoms with Crippen molar-refractivity contribution >= 4 is 15.9 Å². The molecular weight excluding hydrogens is 254 g/mol. The van der Waals surface area contributed by atoms with E-state index in [9.17, 15) is 0 Å². The summed E-state index contributed by atoms with van der Waals surface area (Å²) in [7, 11) is 1.97. The standard InChI is InChI=1S/C11H18BrN3/c1-14-7-11(6-13-14)9-15-5-3-10(8-15)2-4-12/h6-7,10H,2-5,8-9H2,1H3. The molecule has 1 aliphatic rings. The number of alkyl halides is 1. The van der Waals surface area contributed by atoms with Crippen LogP contribution in [0.15, 0.2) is 12.4 Å². The zero-order valence-electron chi connectivity index (χ0n) is 9.19. The smallest absolute Gasteiger partial charge is 0.0534 e. The minimum Gasteiger partial charge on any atom is -0.299 e. The molecule has 1 fully saturated rings. The summed E-state index contributed by atoms with van der Waals surface area (Å²) >= 11 is 3.52. The van der Waals surface area contributed by atoms with Crippen molar-refractivity contribution in [1.29, 1.82) is 0 Å². The third-order valence-electron chi connectivity index (χ3n) is 3.05. The van der Waals surface area contributed by atoms with Crippen LogP contribution >= 0.6 is 15.9 Å². The van der Waals surface area contributed by atoms with Crippen molar-refractivity contribution in [3.63, 3.8) is 0 Å². The van der Waals surface area contributed by atoms with Crippen LogP contribution in [0.5, 0.6) is 0 Å². The second-order valence-corrected chi connectivity index (χ2v) is 5.18. The maximum Gasteiger partial charge on any atom is 0.0534 e. The van der Waals surface area contributed by atoms with Crippen molar-refractivity contribution in [1.82, 2.24) is 14.7 Å². The maximum absolute atomic E-state index is 4.20. The summed E-state index contributed by atoms with van der Waals surface area (Å²) in [6.07, 6.45) is 6.74. The summed E-state index contributed by atoms with van der Waals surface area (Å²) < 4.78 is 1.88. The number of aryl methyl sites for hydroxylation is 1. The summed E-state index contributed by atoms with van der Waals surface area (Å²) in [5, 5.41) is 5.33. The van der Waals surface area contributed by atoms with E-state index in [0.717, 1.165) is 17.8 Å². The summed E-state index contributed by atoms with van der Waals surface area (Å²) in [6.45, 7) is 3.56. The fraction of sp³-hybridized carbons (Fsp3) is 0.727. The van der Waals surface area contributed by atoms with Crippen LogP contribution in [0.2, 0.25) is 0 Å². The maximum atomic E-state index is 4.20. The Kier molecular flexibility index (Phi) is 3.81. The first-order valence-electron chi connectivity index (χ1n) is 5.54.